The number of hydroxylamine groups is 2. The Morgan fingerprint density at radius 2 is 1.71 bits per heavy atom. The lowest BCUT2D eigenvalue weighted by Gasteiger charge is -2.31. The monoisotopic (exact) mass is 349 g/mol. The standard InChI is InChI=1S/C21H35NOS/c1-9-19(3,4)16-11-12-18(17(13-16)20(5,6)10-2)23-22-14-21(7,8)24-15-22/h11-13H,9-10,14-15H2,1-8H3. The fraction of sp³-hybridized carbons (Fsp3) is 0.714. The van der Waals surface area contributed by atoms with Crippen molar-refractivity contribution in [3.05, 3.63) is 29.3 Å². The molecule has 0 bridgehead atoms. The highest BCUT2D eigenvalue weighted by molar-refractivity contribution is 8.00. The molecule has 1 saturated heterocycles. The maximum absolute atomic E-state index is 6.34. The normalized spacial score (nSPS) is 18.8. The van der Waals surface area contributed by atoms with Crippen molar-refractivity contribution in [3.63, 3.8) is 0 Å². The number of hydrogen-bond donors (Lipinski definition) is 0. The molecule has 1 aliphatic heterocycles. The van der Waals surface area contributed by atoms with Gasteiger partial charge in [0.2, 0.25) is 0 Å². The van der Waals surface area contributed by atoms with Gasteiger partial charge in [-0.1, -0.05) is 53.7 Å². The number of nitrogens with zero attached hydrogens (tertiary/aromatic N) is 1. The second kappa shape index (κ2) is 6.92. The van der Waals surface area contributed by atoms with Crippen molar-refractivity contribution in [1.29, 1.82) is 0 Å². The molecule has 1 aliphatic rings. The van der Waals surface area contributed by atoms with E-state index in [-0.39, 0.29) is 15.6 Å². The lowest BCUT2D eigenvalue weighted by molar-refractivity contribution is -0.0368. The first-order chi connectivity index (χ1) is 11.0. The summed E-state index contributed by atoms with van der Waals surface area (Å²) in [5, 5.41) is 2.11. The number of hydrogen-bond acceptors (Lipinski definition) is 3. The van der Waals surface area contributed by atoms with Crippen LogP contribution in [0.25, 0.3) is 0 Å². The predicted molar refractivity (Wildman–Crippen MR) is 107 cm³/mol. The molecule has 0 N–H and O–H groups in total. The lowest BCUT2D eigenvalue weighted by Crippen LogP contribution is -2.31. The molecule has 0 saturated carbocycles. The first-order valence-electron chi connectivity index (χ1n) is 9.22. The molecular weight excluding hydrogens is 314 g/mol. The molecule has 0 unspecified atom stereocenters. The SMILES string of the molecule is CCC(C)(C)c1ccc(ON2CSC(C)(C)C2)c(C(C)(C)CC)c1. The Balaban J connectivity index is 2.37. The third kappa shape index (κ3) is 4.29. The molecule has 1 heterocycles. The molecule has 2 rings (SSSR count). The van der Waals surface area contributed by atoms with E-state index in [2.05, 4.69) is 78.7 Å². The summed E-state index contributed by atoms with van der Waals surface area (Å²) in [4.78, 5) is 6.34. The highest BCUT2D eigenvalue weighted by Crippen LogP contribution is 2.40. The van der Waals surface area contributed by atoms with Crippen LogP contribution in [0.5, 0.6) is 5.75 Å². The second-order valence-corrected chi connectivity index (χ2v) is 10.6. The van der Waals surface area contributed by atoms with Gasteiger partial charge in [-0.05, 0) is 49.1 Å². The smallest absolute Gasteiger partial charge is 0.151 e. The molecule has 2 nitrogen and oxygen atoms in total. The van der Waals surface area contributed by atoms with Crippen molar-refractivity contribution < 1.29 is 4.84 Å². The Kier molecular flexibility index (Phi) is 5.66. The Labute approximate surface area is 153 Å². The van der Waals surface area contributed by atoms with Crippen molar-refractivity contribution in [2.45, 2.75) is 83.8 Å². The first-order valence-corrected chi connectivity index (χ1v) is 10.2. The molecule has 3 heteroatoms. The Bertz CT molecular complexity index is 577. The molecule has 24 heavy (non-hydrogen) atoms. The molecule has 136 valence electrons. The van der Waals surface area contributed by atoms with Crippen molar-refractivity contribution in [1.82, 2.24) is 5.06 Å². The van der Waals surface area contributed by atoms with E-state index in [1.807, 2.05) is 11.8 Å². The average molecular weight is 350 g/mol. The fourth-order valence-corrected chi connectivity index (χ4v) is 3.79. The van der Waals surface area contributed by atoms with Crippen molar-refractivity contribution in [2.75, 3.05) is 12.4 Å². The summed E-state index contributed by atoms with van der Waals surface area (Å²) < 4.78 is 0.268. The fourth-order valence-electron chi connectivity index (χ4n) is 2.91. The summed E-state index contributed by atoms with van der Waals surface area (Å²) >= 11 is 1.96. The quantitative estimate of drug-likeness (QED) is 0.612. The van der Waals surface area contributed by atoms with E-state index >= 15 is 0 Å². The van der Waals surface area contributed by atoms with Gasteiger partial charge in [0.05, 0.1) is 5.88 Å². The summed E-state index contributed by atoms with van der Waals surface area (Å²) in [5.74, 6) is 1.96. The molecular formula is C21H35NOS. The highest BCUT2D eigenvalue weighted by atomic mass is 32.2. The van der Waals surface area contributed by atoms with Crippen molar-refractivity contribution in [3.8, 4) is 5.75 Å². The minimum Gasteiger partial charge on any atom is -0.405 e. The molecule has 0 spiro atoms. The molecule has 0 atom stereocenters. The zero-order valence-electron chi connectivity index (χ0n) is 16.8. The van der Waals surface area contributed by atoms with E-state index < -0.39 is 0 Å². The third-order valence-electron chi connectivity index (χ3n) is 5.64. The van der Waals surface area contributed by atoms with Crippen LogP contribution in [0.1, 0.15) is 79.4 Å². The van der Waals surface area contributed by atoms with Crippen molar-refractivity contribution >= 4 is 11.8 Å². The molecule has 0 amide bonds. The lowest BCUT2D eigenvalue weighted by atomic mass is 9.76. The first kappa shape index (κ1) is 19.7. The Morgan fingerprint density at radius 3 is 2.21 bits per heavy atom. The maximum atomic E-state index is 6.34. The summed E-state index contributed by atoms with van der Waals surface area (Å²) in [6, 6.07) is 6.83. The van der Waals surface area contributed by atoms with Crippen LogP contribution in [-0.2, 0) is 10.8 Å². The summed E-state index contributed by atoms with van der Waals surface area (Å²) in [7, 11) is 0. The van der Waals surface area contributed by atoms with Crippen molar-refractivity contribution in [2.24, 2.45) is 0 Å². The average Bonchev–Trinajstić information content (AvgIpc) is 2.86. The van der Waals surface area contributed by atoms with E-state index in [9.17, 15) is 0 Å². The van der Waals surface area contributed by atoms with Gasteiger partial charge in [-0.15, -0.1) is 16.8 Å². The molecule has 1 aromatic carbocycles. The van der Waals surface area contributed by atoms with E-state index in [1.54, 1.807) is 0 Å². The molecule has 0 radical (unpaired) electrons. The van der Waals surface area contributed by atoms with Crippen LogP contribution in [0, 0.1) is 0 Å². The van der Waals surface area contributed by atoms with E-state index in [0.29, 0.717) is 0 Å². The van der Waals surface area contributed by atoms with Gasteiger partial charge in [0.1, 0.15) is 0 Å². The van der Waals surface area contributed by atoms with Gasteiger partial charge in [-0.3, -0.25) is 0 Å². The van der Waals surface area contributed by atoms with Crippen LogP contribution >= 0.6 is 11.8 Å². The molecule has 0 aromatic heterocycles. The van der Waals surface area contributed by atoms with Gasteiger partial charge in [-0.2, -0.15) is 0 Å². The number of benzene rings is 1. The molecule has 1 aromatic rings. The van der Waals surface area contributed by atoms with Crippen LogP contribution in [0.4, 0.5) is 0 Å². The van der Waals surface area contributed by atoms with Gasteiger partial charge in [-0.25, -0.2) is 0 Å². The molecule has 0 aliphatic carbocycles. The second-order valence-electron chi connectivity index (χ2n) is 8.95. The summed E-state index contributed by atoms with van der Waals surface area (Å²) in [5.41, 5.74) is 3.05. The van der Waals surface area contributed by atoms with Crippen LogP contribution in [0.2, 0.25) is 0 Å². The van der Waals surface area contributed by atoms with Crippen LogP contribution < -0.4 is 4.84 Å². The number of rotatable bonds is 6. The Morgan fingerprint density at radius 1 is 1.08 bits per heavy atom. The van der Waals surface area contributed by atoms with Gasteiger partial charge in [0.25, 0.3) is 0 Å². The van der Waals surface area contributed by atoms with Gasteiger partial charge in [0.15, 0.2) is 5.75 Å². The third-order valence-corrected chi connectivity index (χ3v) is 6.97. The number of thioether (sulfide) groups is 1. The van der Waals surface area contributed by atoms with Gasteiger partial charge < -0.3 is 4.84 Å². The zero-order chi connectivity index (χ0) is 18.2. The minimum absolute atomic E-state index is 0.109. The maximum Gasteiger partial charge on any atom is 0.151 e. The van der Waals surface area contributed by atoms with E-state index in [4.69, 9.17) is 4.84 Å². The largest absolute Gasteiger partial charge is 0.405 e. The summed E-state index contributed by atoms with van der Waals surface area (Å²) in [6.07, 6.45) is 2.23. The highest BCUT2D eigenvalue weighted by Gasteiger charge is 2.33. The van der Waals surface area contributed by atoms with E-state index in [1.165, 1.54) is 11.1 Å². The van der Waals surface area contributed by atoms with Crippen LogP contribution in [0.15, 0.2) is 18.2 Å². The van der Waals surface area contributed by atoms with Gasteiger partial charge >= 0.3 is 0 Å². The predicted octanol–water partition coefficient (Wildman–Crippen LogP) is 6.14. The minimum atomic E-state index is 0.109. The molecule has 1 fully saturated rings. The topological polar surface area (TPSA) is 12.5 Å². The van der Waals surface area contributed by atoms with Gasteiger partial charge in [0, 0.05) is 16.9 Å². The van der Waals surface area contributed by atoms with E-state index in [0.717, 1.165) is 31.0 Å². The zero-order valence-corrected chi connectivity index (χ0v) is 17.6. The Hall–Kier alpha value is -0.670. The van der Waals surface area contributed by atoms with Crippen LogP contribution in [0.3, 0.4) is 0 Å². The van der Waals surface area contributed by atoms with Crippen LogP contribution in [-0.4, -0.2) is 22.2 Å². The summed E-state index contributed by atoms with van der Waals surface area (Å²) in [6.45, 7) is 19.3.